The summed E-state index contributed by atoms with van der Waals surface area (Å²) in [4.78, 5) is 29.9. The molecule has 150 valence electrons. The van der Waals surface area contributed by atoms with Crippen LogP contribution in [0.4, 0.5) is 0 Å². The van der Waals surface area contributed by atoms with Gasteiger partial charge in [-0.2, -0.15) is 0 Å². The monoisotopic (exact) mass is 455 g/mol. The lowest BCUT2D eigenvalue weighted by Crippen LogP contribution is -3.12. The Morgan fingerprint density at radius 2 is 1.72 bits per heavy atom. The van der Waals surface area contributed by atoms with E-state index in [0.29, 0.717) is 23.1 Å². The quantitative estimate of drug-likeness (QED) is 0.621. The number of para-hydroxylation sites is 1. The lowest BCUT2D eigenvalue weighted by Gasteiger charge is -2.26. The second-order valence-corrected chi connectivity index (χ2v) is 8.25. The Hall–Kier alpha value is -2.44. The number of halogens is 1. The Balaban J connectivity index is 1.85. The topological polar surface area (TPSA) is 55.0 Å². The standard InChI is InChI=1S/C23H23BrN2O3/c1-3-25(4-2)13-14-26-20(15-9-11-16(24)12-10-15)19-21(27)17-7-5-6-8-18(17)29-22(19)23(26)28/h5-12,20H,3-4,13-14H2,1-2H3/p+1/t20-/m1/s1. The first-order valence-corrected chi connectivity index (χ1v) is 10.8. The highest BCUT2D eigenvalue weighted by Crippen LogP contribution is 2.38. The smallest absolute Gasteiger partial charge is 0.291 e. The number of carbonyl (C=O) groups is 1. The maximum Gasteiger partial charge on any atom is 0.291 e. The molecule has 1 aliphatic heterocycles. The third kappa shape index (κ3) is 3.51. The summed E-state index contributed by atoms with van der Waals surface area (Å²) in [6, 6.07) is 14.5. The van der Waals surface area contributed by atoms with Gasteiger partial charge < -0.3 is 14.2 Å². The normalized spacial score (nSPS) is 16.1. The van der Waals surface area contributed by atoms with E-state index in [9.17, 15) is 9.59 Å². The van der Waals surface area contributed by atoms with Crippen molar-refractivity contribution in [3.05, 3.63) is 80.1 Å². The van der Waals surface area contributed by atoms with Crippen molar-refractivity contribution in [2.45, 2.75) is 19.9 Å². The molecule has 0 spiro atoms. The van der Waals surface area contributed by atoms with Crippen molar-refractivity contribution >= 4 is 32.8 Å². The lowest BCUT2D eigenvalue weighted by molar-refractivity contribution is -0.895. The molecule has 0 radical (unpaired) electrons. The summed E-state index contributed by atoms with van der Waals surface area (Å²) in [5.74, 6) is -0.0292. The van der Waals surface area contributed by atoms with Crippen molar-refractivity contribution in [3.63, 3.8) is 0 Å². The highest BCUT2D eigenvalue weighted by atomic mass is 79.9. The van der Waals surface area contributed by atoms with Crippen LogP contribution in [0.3, 0.4) is 0 Å². The van der Waals surface area contributed by atoms with Crippen LogP contribution < -0.4 is 10.3 Å². The van der Waals surface area contributed by atoms with Crippen molar-refractivity contribution in [1.29, 1.82) is 0 Å². The molecule has 2 heterocycles. The molecular weight excluding hydrogens is 432 g/mol. The SMILES string of the molecule is CC[NH+](CC)CCN1C(=O)c2oc3ccccc3c(=O)c2[C@H]1c1ccc(Br)cc1. The highest BCUT2D eigenvalue weighted by Gasteiger charge is 2.42. The van der Waals surface area contributed by atoms with Crippen molar-refractivity contribution < 1.29 is 14.1 Å². The molecule has 0 unspecified atom stereocenters. The largest absolute Gasteiger partial charge is 0.450 e. The van der Waals surface area contributed by atoms with Gasteiger partial charge in [0, 0.05) is 4.47 Å². The van der Waals surface area contributed by atoms with Gasteiger partial charge in [-0.15, -0.1) is 0 Å². The molecule has 2 aromatic carbocycles. The van der Waals surface area contributed by atoms with Gasteiger partial charge in [0.2, 0.25) is 5.76 Å². The first-order chi connectivity index (χ1) is 14.0. The average molecular weight is 456 g/mol. The summed E-state index contributed by atoms with van der Waals surface area (Å²) in [6.45, 7) is 7.67. The van der Waals surface area contributed by atoms with Crippen molar-refractivity contribution in [2.24, 2.45) is 0 Å². The van der Waals surface area contributed by atoms with E-state index in [-0.39, 0.29) is 17.1 Å². The number of nitrogens with zero attached hydrogens (tertiary/aromatic N) is 1. The number of fused-ring (bicyclic) bond motifs is 2. The summed E-state index contributed by atoms with van der Waals surface area (Å²) in [6.07, 6.45) is 0. The fourth-order valence-electron chi connectivity index (χ4n) is 4.07. The highest BCUT2D eigenvalue weighted by molar-refractivity contribution is 9.10. The second kappa shape index (κ2) is 8.13. The Kier molecular flexibility index (Phi) is 5.56. The molecule has 0 fully saturated rings. The van der Waals surface area contributed by atoms with Crippen LogP contribution >= 0.6 is 15.9 Å². The third-order valence-electron chi connectivity index (χ3n) is 5.77. The lowest BCUT2D eigenvalue weighted by atomic mass is 9.98. The zero-order chi connectivity index (χ0) is 20.5. The van der Waals surface area contributed by atoms with Crippen LogP contribution in [0.15, 0.2) is 62.2 Å². The van der Waals surface area contributed by atoms with E-state index in [1.807, 2.05) is 36.4 Å². The van der Waals surface area contributed by atoms with E-state index in [2.05, 4.69) is 29.8 Å². The van der Waals surface area contributed by atoms with Crippen LogP contribution in [0.2, 0.25) is 0 Å². The number of hydrogen-bond acceptors (Lipinski definition) is 3. The molecular formula is C23H24BrN2O3+. The maximum atomic E-state index is 13.4. The van der Waals surface area contributed by atoms with E-state index in [4.69, 9.17) is 4.42 Å². The summed E-state index contributed by atoms with van der Waals surface area (Å²) in [5.41, 5.74) is 1.69. The van der Waals surface area contributed by atoms with E-state index < -0.39 is 6.04 Å². The minimum atomic E-state index is -0.429. The minimum Gasteiger partial charge on any atom is -0.450 e. The van der Waals surface area contributed by atoms with Gasteiger partial charge in [0.05, 0.1) is 43.2 Å². The summed E-state index contributed by atoms with van der Waals surface area (Å²) < 4.78 is 6.91. The molecule has 0 saturated heterocycles. The fourth-order valence-corrected chi connectivity index (χ4v) is 4.34. The van der Waals surface area contributed by atoms with Gasteiger partial charge in [-0.05, 0) is 43.7 Å². The van der Waals surface area contributed by atoms with Gasteiger partial charge in [-0.3, -0.25) is 9.59 Å². The summed E-state index contributed by atoms with van der Waals surface area (Å²) in [5, 5.41) is 0.511. The molecule has 4 rings (SSSR count). The van der Waals surface area contributed by atoms with Crippen LogP contribution in [0.1, 0.15) is 41.6 Å². The molecule has 29 heavy (non-hydrogen) atoms. The maximum absolute atomic E-state index is 13.4. The van der Waals surface area contributed by atoms with Gasteiger partial charge in [0.15, 0.2) is 5.43 Å². The van der Waals surface area contributed by atoms with Crippen LogP contribution in [0.5, 0.6) is 0 Å². The first kappa shape index (κ1) is 19.9. The molecule has 3 aromatic rings. The average Bonchev–Trinajstić information content (AvgIpc) is 3.02. The molecule has 0 aliphatic carbocycles. The third-order valence-corrected chi connectivity index (χ3v) is 6.29. The number of amides is 1. The van der Waals surface area contributed by atoms with Crippen LogP contribution in [0.25, 0.3) is 11.0 Å². The first-order valence-electron chi connectivity index (χ1n) is 10.0. The summed E-state index contributed by atoms with van der Waals surface area (Å²) in [7, 11) is 0. The Morgan fingerprint density at radius 3 is 2.41 bits per heavy atom. The van der Waals surface area contributed by atoms with Crippen molar-refractivity contribution in [1.82, 2.24) is 4.90 Å². The minimum absolute atomic E-state index is 0.124. The van der Waals surface area contributed by atoms with Gasteiger partial charge in [-0.25, -0.2) is 0 Å². The zero-order valence-corrected chi connectivity index (χ0v) is 18.2. The number of rotatable bonds is 6. The van der Waals surface area contributed by atoms with Crippen LogP contribution in [-0.4, -0.2) is 37.0 Å². The number of nitrogens with one attached hydrogen (secondary N) is 1. The summed E-state index contributed by atoms with van der Waals surface area (Å²) >= 11 is 3.46. The van der Waals surface area contributed by atoms with Crippen LogP contribution in [-0.2, 0) is 0 Å². The van der Waals surface area contributed by atoms with Gasteiger partial charge in [0.1, 0.15) is 5.58 Å². The van der Waals surface area contributed by atoms with Gasteiger partial charge in [-0.1, -0.05) is 40.2 Å². The Labute approximate surface area is 178 Å². The number of quaternary nitrogens is 1. The molecule has 0 bridgehead atoms. The zero-order valence-electron chi connectivity index (χ0n) is 16.6. The van der Waals surface area contributed by atoms with E-state index in [0.717, 1.165) is 29.7 Å². The number of benzene rings is 2. The molecule has 0 saturated carbocycles. The molecule has 6 heteroatoms. The molecule has 1 aromatic heterocycles. The number of hydrogen-bond donors (Lipinski definition) is 1. The molecule has 1 atom stereocenters. The predicted molar refractivity (Wildman–Crippen MR) is 116 cm³/mol. The van der Waals surface area contributed by atoms with E-state index in [1.54, 1.807) is 17.0 Å². The van der Waals surface area contributed by atoms with Crippen LogP contribution in [0, 0.1) is 0 Å². The predicted octanol–water partition coefficient (Wildman–Crippen LogP) is 3.03. The fraction of sp³-hybridized carbons (Fsp3) is 0.304. The molecule has 1 N–H and O–H groups in total. The van der Waals surface area contributed by atoms with E-state index in [1.165, 1.54) is 4.90 Å². The molecule has 1 aliphatic rings. The Morgan fingerprint density at radius 1 is 1.03 bits per heavy atom. The Bertz CT molecular complexity index is 1100. The molecule has 1 amide bonds. The second-order valence-electron chi connectivity index (χ2n) is 7.33. The number of likely N-dealkylation sites (N-methyl/N-ethyl adjacent to an activating group) is 1. The van der Waals surface area contributed by atoms with Crippen molar-refractivity contribution in [2.75, 3.05) is 26.2 Å². The molecule has 5 nitrogen and oxygen atoms in total. The van der Waals surface area contributed by atoms with Crippen molar-refractivity contribution in [3.8, 4) is 0 Å². The van der Waals surface area contributed by atoms with Gasteiger partial charge in [0.25, 0.3) is 5.91 Å². The van der Waals surface area contributed by atoms with Gasteiger partial charge >= 0.3 is 0 Å². The number of carbonyl (C=O) groups excluding carboxylic acids is 1. The van der Waals surface area contributed by atoms with E-state index >= 15 is 0 Å².